The molecule has 0 aliphatic rings. The van der Waals surface area contributed by atoms with E-state index in [1.807, 2.05) is 12.3 Å². The number of thiazole rings is 1. The van der Waals surface area contributed by atoms with Crippen LogP contribution in [-0.4, -0.2) is 10.9 Å². The molecular formula is C13H22N2OS. The molecule has 0 aliphatic heterocycles. The molecule has 4 heteroatoms. The summed E-state index contributed by atoms with van der Waals surface area (Å²) in [6.45, 7) is 8.21. The van der Waals surface area contributed by atoms with Gasteiger partial charge in [-0.3, -0.25) is 4.79 Å². The summed E-state index contributed by atoms with van der Waals surface area (Å²) in [5, 5.41) is 6.15. The fourth-order valence-corrected chi connectivity index (χ4v) is 2.60. The lowest BCUT2D eigenvalue weighted by molar-refractivity contribution is -0.123. The summed E-state index contributed by atoms with van der Waals surface area (Å²) in [5.41, 5.74) is 0.705. The van der Waals surface area contributed by atoms with Crippen LogP contribution in [0, 0.1) is 6.92 Å². The summed E-state index contributed by atoms with van der Waals surface area (Å²) < 4.78 is 0. The van der Waals surface area contributed by atoms with Gasteiger partial charge in [0.25, 0.3) is 0 Å². The van der Waals surface area contributed by atoms with Crippen LogP contribution in [0.15, 0.2) is 5.38 Å². The highest BCUT2D eigenvalue weighted by Gasteiger charge is 2.29. The normalized spacial score (nSPS) is 14.4. The van der Waals surface area contributed by atoms with Gasteiger partial charge < -0.3 is 5.32 Å². The molecule has 1 atom stereocenters. The van der Waals surface area contributed by atoms with Crippen molar-refractivity contribution in [1.82, 2.24) is 10.3 Å². The standard InChI is InChI=1S/C13H22N2OS/c1-5-7-8-11(16)15-13(4,6-2)12-14-10(3)9-17-12/h9H,5-8H2,1-4H3,(H,15,16). The largest absolute Gasteiger partial charge is 0.344 e. The van der Waals surface area contributed by atoms with Crippen LogP contribution < -0.4 is 5.32 Å². The number of hydrogen-bond acceptors (Lipinski definition) is 3. The molecule has 1 aromatic rings. The Morgan fingerprint density at radius 1 is 1.53 bits per heavy atom. The molecule has 0 saturated heterocycles. The van der Waals surface area contributed by atoms with Gasteiger partial charge in [-0.15, -0.1) is 11.3 Å². The van der Waals surface area contributed by atoms with Gasteiger partial charge in [0.15, 0.2) is 0 Å². The first-order valence-corrected chi connectivity index (χ1v) is 7.13. The van der Waals surface area contributed by atoms with Crippen molar-refractivity contribution in [3.63, 3.8) is 0 Å². The zero-order chi connectivity index (χ0) is 12.9. The monoisotopic (exact) mass is 254 g/mol. The van der Waals surface area contributed by atoms with Crippen molar-refractivity contribution < 1.29 is 4.79 Å². The zero-order valence-electron chi connectivity index (χ0n) is 11.2. The summed E-state index contributed by atoms with van der Waals surface area (Å²) in [6.07, 6.45) is 3.46. The number of aryl methyl sites for hydroxylation is 1. The van der Waals surface area contributed by atoms with E-state index in [0.29, 0.717) is 6.42 Å². The van der Waals surface area contributed by atoms with Gasteiger partial charge in [0.05, 0.1) is 5.54 Å². The Balaban J connectivity index is 2.72. The first-order valence-electron chi connectivity index (χ1n) is 6.25. The second-order valence-corrected chi connectivity index (χ2v) is 5.49. The number of nitrogens with one attached hydrogen (secondary N) is 1. The molecule has 1 unspecified atom stereocenters. The van der Waals surface area contributed by atoms with Gasteiger partial charge in [0.2, 0.25) is 5.91 Å². The predicted octanol–water partition coefficient (Wildman–Crippen LogP) is 3.38. The third kappa shape index (κ3) is 3.80. The van der Waals surface area contributed by atoms with E-state index >= 15 is 0 Å². The fraction of sp³-hybridized carbons (Fsp3) is 0.692. The molecule has 1 N–H and O–H groups in total. The molecular weight excluding hydrogens is 232 g/mol. The summed E-state index contributed by atoms with van der Waals surface area (Å²) in [6, 6.07) is 0. The second-order valence-electron chi connectivity index (χ2n) is 4.63. The molecule has 17 heavy (non-hydrogen) atoms. The zero-order valence-corrected chi connectivity index (χ0v) is 12.0. The summed E-state index contributed by atoms with van der Waals surface area (Å²) in [4.78, 5) is 16.3. The molecule has 3 nitrogen and oxygen atoms in total. The van der Waals surface area contributed by atoms with E-state index in [1.165, 1.54) is 0 Å². The molecule has 96 valence electrons. The van der Waals surface area contributed by atoms with Gasteiger partial charge >= 0.3 is 0 Å². The fourth-order valence-electron chi connectivity index (χ4n) is 1.61. The van der Waals surface area contributed by atoms with E-state index in [-0.39, 0.29) is 11.4 Å². The van der Waals surface area contributed by atoms with Crippen molar-refractivity contribution in [1.29, 1.82) is 0 Å². The lowest BCUT2D eigenvalue weighted by atomic mass is 9.99. The number of carbonyl (C=O) groups excluding carboxylic acids is 1. The summed E-state index contributed by atoms with van der Waals surface area (Å²) >= 11 is 1.62. The quantitative estimate of drug-likeness (QED) is 0.845. The minimum Gasteiger partial charge on any atom is -0.344 e. The Bertz CT molecular complexity index is 375. The Labute approximate surface area is 108 Å². The third-order valence-electron chi connectivity index (χ3n) is 2.97. The average Bonchev–Trinajstić information content (AvgIpc) is 2.73. The van der Waals surface area contributed by atoms with Crippen molar-refractivity contribution in [2.24, 2.45) is 0 Å². The second kappa shape index (κ2) is 6.15. The Morgan fingerprint density at radius 3 is 2.71 bits per heavy atom. The SMILES string of the molecule is CCCCC(=O)NC(C)(CC)c1nc(C)cs1. The molecule has 0 aliphatic carbocycles. The molecule has 0 radical (unpaired) electrons. The topological polar surface area (TPSA) is 42.0 Å². The molecule has 1 aromatic heterocycles. The van der Waals surface area contributed by atoms with Gasteiger partial charge in [0, 0.05) is 17.5 Å². The van der Waals surface area contributed by atoms with E-state index < -0.39 is 0 Å². The van der Waals surface area contributed by atoms with Crippen LogP contribution >= 0.6 is 11.3 Å². The Morgan fingerprint density at radius 2 is 2.24 bits per heavy atom. The maximum atomic E-state index is 11.8. The van der Waals surface area contributed by atoms with Crippen LogP contribution in [0.5, 0.6) is 0 Å². The third-order valence-corrected chi connectivity index (χ3v) is 4.19. The lowest BCUT2D eigenvalue weighted by Gasteiger charge is -2.27. The molecule has 0 bridgehead atoms. The van der Waals surface area contributed by atoms with E-state index in [1.54, 1.807) is 11.3 Å². The van der Waals surface area contributed by atoms with Crippen LogP contribution in [0.25, 0.3) is 0 Å². The van der Waals surface area contributed by atoms with E-state index in [9.17, 15) is 4.79 Å². The Hall–Kier alpha value is -0.900. The van der Waals surface area contributed by atoms with E-state index in [2.05, 4.69) is 31.1 Å². The van der Waals surface area contributed by atoms with Crippen molar-refractivity contribution in [2.75, 3.05) is 0 Å². The number of amides is 1. The highest BCUT2D eigenvalue weighted by atomic mass is 32.1. The summed E-state index contributed by atoms with van der Waals surface area (Å²) in [5.74, 6) is 0.129. The van der Waals surface area contributed by atoms with Crippen LogP contribution in [0.4, 0.5) is 0 Å². The molecule has 0 spiro atoms. The van der Waals surface area contributed by atoms with Crippen molar-refractivity contribution in [3.05, 3.63) is 16.1 Å². The highest BCUT2D eigenvalue weighted by molar-refractivity contribution is 7.09. The number of hydrogen-bond donors (Lipinski definition) is 1. The van der Waals surface area contributed by atoms with Crippen molar-refractivity contribution >= 4 is 17.2 Å². The van der Waals surface area contributed by atoms with Gasteiger partial charge in [-0.2, -0.15) is 0 Å². The number of unbranched alkanes of at least 4 members (excludes halogenated alkanes) is 1. The van der Waals surface area contributed by atoms with Crippen LogP contribution in [0.2, 0.25) is 0 Å². The number of carbonyl (C=O) groups is 1. The van der Waals surface area contributed by atoms with Crippen LogP contribution in [-0.2, 0) is 10.3 Å². The van der Waals surface area contributed by atoms with Crippen LogP contribution in [0.1, 0.15) is 57.2 Å². The maximum absolute atomic E-state index is 11.8. The molecule has 0 fully saturated rings. The highest BCUT2D eigenvalue weighted by Crippen LogP contribution is 2.27. The summed E-state index contributed by atoms with van der Waals surface area (Å²) in [7, 11) is 0. The van der Waals surface area contributed by atoms with Crippen molar-refractivity contribution in [3.8, 4) is 0 Å². The maximum Gasteiger partial charge on any atom is 0.220 e. The first kappa shape index (κ1) is 14.2. The van der Waals surface area contributed by atoms with E-state index in [0.717, 1.165) is 30.0 Å². The molecule has 1 amide bonds. The molecule has 1 rings (SSSR count). The van der Waals surface area contributed by atoms with Gasteiger partial charge in [-0.05, 0) is 26.7 Å². The molecule has 0 saturated carbocycles. The molecule has 0 aromatic carbocycles. The van der Waals surface area contributed by atoms with E-state index in [4.69, 9.17) is 0 Å². The lowest BCUT2D eigenvalue weighted by Crippen LogP contribution is -2.42. The first-order chi connectivity index (χ1) is 8.01. The number of nitrogens with zero attached hydrogens (tertiary/aromatic N) is 1. The van der Waals surface area contributed by atoms with Gasteiger partial charge in [-0.1, -0.05) is 20.3 Å². The predicted molar refractivity (Wildman–Crippen MR) is 72.2 cm³/mol. The number of aromatic nitrogens is 1. The molecule has 1 heterocycles. The minimum absolute atomic E-state index is 0.129. The van der Waals surface area contributed by atoms with Crippen molar-refractivity contribution in [2.45, 2.75) is 58.9 Å². The average molecular weight is 254 g/mol. The van der Waals surface area contributed by atoms with Gasteiger partial charge in [0.1, 0.15) is 5.01 Å². The smallest absolute Gasteiger partial charge is 0.220 e. The number of rotatable bonds is 6. The van der Waals surface area contributed by atoms with Crippen LogP contribution in [0.3, 0.4) is 0 Å². The van der Waals surface area contributed by atoms with Gasteiger partial charge in [-0.25, -0.2) is 4.98 Å². The Kier molecular flexibility index (Phi) is 5.12. The minimum atomic E-state index is -0.316.